The van der Waals surface area contributed by atoms with Gasteiger partial charge in [-0.05, 0) is 6.92 Å². The Bertz CT molecular complexity index is 470. The van der Waals surface area contributed by atoms with Gasteiger partial charge in [0.1, 0.15) is 13.3 Å². The maximum atomic E-state index is 12.1. The minimum Gasteiger partial charge on any atom is -0.475 e. The van der Waals surface area contributed by atoms with Gasteiger partial charge < -0.3 is 14.8 Å². The predicted octanol–water partition coefficient (Wildman–Crippen LogP) is 2.53. The summed E-state index contributed by atoms with van der Waals surface area (Å²) >= 11 is 4.76. The first-order valence-electron chi connectivity index (χ1n) is 5.35. The Hall–Kier alpha value is -1.71. The van der Waals surface area contributed by atoms with Gasteiger partial charge in [0, 0.05) is 0 Å². The predicted molar refractivity (Wildman–Crippen MR) is 66.9 cm³/mol. The number of halogens is 4. The summed E-state index contributed by atoms with van der Waals surface area (Å²) in [7, 11) is 0. The zero-order valence-electron chi connectivity index (χ0n) is 10.3. The van der Waals surface area contributed by atoms with Crippen molar-refractivity contribution in [1.82, 2.24) is 9.97 Å². The Morgan fingerprint density at radius 3 is 2.40 bits per heavy atom. The smallest absolute Gasteiger partial charge is 0.422 e. The van der Waals surface area contributed by atoms with Crippen LogP contribution in [0.25, 0.3) is 0 Å². The molecule has 10 heteroatoms. The van der Waals surface area contributed by atoms with Gasteiger partial charge >= 0.3 is 6.18 Å². The van der Waals surface area contributed by atoms with Gasteiger partial charge in [-0.1, -0.05) is 12.2 Å². The van der Waals surface area contributed by atoms with Crippen molar-refractivity contribution < 1.29 is 27.0 Å². The third-order valence-corrected chi connectivity index (χ3v) is 1.78. The van der Waals surface area contributed by atoms with Gasteiger partial charge in [-0.15, -0.1) is 0 Å². The summed E-state index contributed by atoms with van der Waals surface area (Å²) in [5.74, 6) is -0.565. The molecule has 0 amide bonds. The first-order valence-corrected chi connectivity index (χ1v) is 5.76. The van der Waals surface area contributed by atoms with Crippen LogP contribution in [-0.2, 0) is 0 Å². The fourth-order valence-electron chi connectivity index (χ4n) is 1.06. The standard InChI is InChI=1S/C10H11F4N3O2S/c1-6(20)15-9-16-7(18-3-2-11)4-8(17-9)19-5-10(12,13)14/h4H,2-3,5H2,1H3,(H,15,16,17,20). The Labute approximate surface area is 117 Å². The summed E-state index contributed by atoms with van der Waals surface area (Å²) in [4.78, 5) is 7.78. The minimum absolute atomic E-state index is 0.0916. The van der Waals surface area contributed by atoms with Crippen molar-refractivity contribution >= 4 is 23.2 Å². The number of hydrogen-bond donors (Lipinski definition) is 1. The Morgan fingerprint density at radius 1 is 1.30 bits per heavy atom. The molecular weight excluding hydrogens is 302 g/mol. The van der Waals surface area contributed by atoms with Crippen LogP contribution in [0.1, 0.15) is 6.92 Å². The average Bonchev–Trinajstić information content (AvgIpc) is 2.32. The molecule has 0 aromatic carbocycles. The molecule has 1 heterocycles. The molecule has 5 nitrogen and oxygen atoms in total. The van der Waals surface area contributed by atoms with Crippen LogP contribution in [0.3, 0.4) is 0 Å². The SMILES string of the molecule is CC(=S)Nc1nc(OCCF)cc(OCC(F)(F)F)n1. The molecule has 0 aliphatic rings. The molecule has 1 aromatic heterocycles. The number of nitrogens with zero attached hydrogens (tertiary/aromatic N) is 2. The normalized spacial score (nSPS) is 11.1. The third-order valence-electron chi connectivity index (χ3n) is 1.68. The molecule has 0 radical (unpaired) electrons. The van der Waals surface area contributed by atoms with Crippen molar-refractivity contribution in [3.05, 3.63) is 6.07 Å². The van der Waals surface area contributed by atoms with Gasteiger partial charge in [0.2, 0.25) is 17.7 Å². The van der Waals surface area contributed by atoms with Crippen molar-refractivity contribution in [3.8, 4) is 11.8 Å². The average molecular weight is 313 g/mol. The minimum atomic E-state index is -4.50. The number of nitrogens with one attached hydrogen (secondary N) is 1. The topological polar surface area (TPSA) is 56.3 Å². The molecule has 0 saturated heterocycles. The lowest BCUT2D eigenvalue weighted by Gasteiger charge is -2.11. The number of aromatic nitrogens is 2. The van der Waals surface area contributed by atoms with E-state index in [2.05, 4.69) is 20.0 Å². The van der Waals surface area contributed by atoms with Gasteiger partial charge in [-0.2, -0.15) is 23.1 Å². The van der Waals surface area contributed by atoms with E-state index in [0.717, 1.165) is 6.07 Å². The summed E-state index contributed by atoms with van der Waals surface area (Å²) in [6, 6.07) is 1.03. The highest BCUT2D eigenvalue weighted by atomic mass is 32.1. The first kappa shape index (κ1) is 16.3. The van der Waals surface area contributed by atoms with E-state index in [0.29, 0.717) is 4.99 Å². The van der Waals surface area contributed by atoms with E-state index in [9.17, 15) is 17.6 Å². The van der Waals surface area contributed by atoms with E-state index in [1.807, 2.05) is 0 Å². The molecule has 0 spiro atoms. The second kappa shape index (κ2) is 7.17. The summed E-state index contributed by atoms with van der Waals surface area (Å²) in [5.41, 5.74) is 0. The highest BCUT2D eigenvalue weighted by molar-refractivity contribution is 7.80. The number of rotatable bonds is 6. The van der Waals surface area contributed by atoms with Crippen LogP contribution >= 0.6 is 12.2 Å². The van der Waals surface area contributed by atoms with E-state index in [-0.39, 0.29) is 24.3 Å². The summed E-state index contributed by atoms with van der Waals surface area (Å²) in [5, 5.41) is 2.53. The Balaban J connectivity index is 2.87. The lowest BCUT2D eigenvalue weighted by molar-refractivity contribution is -0.154. The maximum absolute atomic E-state index is 12.1. The molecule has 1 N–H and O–H groups in total. The zero-order chi connectivity index (χ0) is 15.2. The summed E-state index contributed by atoms with van der Waals surface area (Å²) < 4.78 is 57.6. The van der Waals surface area contributed by atoms with Crippen molar-refractivity contribution in [2.45, 2.75) is 13.1 Å². The van der Waals surface area contributed by atoms with Crippen LogP contribution in [0.15, 0.2) is 6.07 Å². The van der Waals surface area contributed by atoms with Crippen LogP contribution in [0, 0.1) is 0 Å². The number of thiocarbonyl (C=S) groups is 1. The first-order chi connectivity index (χ1) is 9.30. The van der Waals surface area contributed by atoms with Crippen molar-refractivity contribution in [2.75, 3.05) is 25.2 Å². The third kappa shape index (κ3) is 6.45. The Kier molecular flexibility index (Phi) is 5.86. The second-order valence-corrected chi connectivity index (χ2v) is 4.10. The van der Waals surface area contributed by atoms with Gasteiger partial charge in [0.25, 0.3) is 0 Å². The fraction of sp³-hybridized carbons (Fsp3) is 0.500. The molecule has 0 fully saturated rings. The summed E-state index contributed by atoms with van der Waals surface area (Å²) in [6.07, 6.45) is -4.50. The molecule has 0 unspecified atom stereocenters. The quantitative estimate of drug-likeness (QED) is 0.643. The van der Waals surface area contributed by atoms with Crippen molar-refractivity contribution in [2.24, 2.45) is 0 Å². The van der Waals surface area contributed by atoms with Crippen LogP contribution in [0.4, 0.5) is 23.5 Å². The van der Waals surface area contributed by atoms with Gasteiger partial charge in [0.05, 0.1) is 11.1 Å². The van der Waals surface area contributed by atoms with Crippen LogP contribution in [0.2, 0.25) is 0 Å². The van der Waals surface area contributed by atoms with E-state index in [4.69, 9.17) is 17.0 Å². The molecule has 0 aliphatic carbocycles. The molecule has 0 aliphatic heterocycles. The molecule has 20 heavy (non-hydrogen) atoms. The number of hydrogen-bond acceptors (Lipinski definition) is 5. The van der Waals surface area contributed by atoms with Crippen molar-refractivity contribution in [1.29, 1.82) is 0 Å². The largest absolute Gasteiger partial charge is 0.475 e. The van der Waals surface area contributed by atoms with E-state index >= 15 is 0 Å². The fourth-order valence-corrected chi connectivity index (χ4v) is 1.16. The molecular formula is C10H11F4N3O2S. The molecule has 0 saturated carbocycles. The lowest BCUT2D eigenvalue weighted by atomic mass is 10.5. The Morgan fingerprint density at radius 2 is 1.90 bits per heavy atom. The van der Waals surface area contributed by atoms with E-state index < -0.39 is 19.5 Å². The van der Waals surface area contributed by atoms with Crippen LogP contribution < -0.4 is 14.8 Å². The number of ether oxygens (including phenoxy) is 2. The highest BCUT2D eigenvalue weighted by Gasteiger charge is 2.29. The molecule has 0 bridgehead atoms. The van der Waals surface area contributed by atoms with Gasteiger partial charge in [-0.3, -0.25) is 0 Å². The summed E-state index contributed by atoms with van der Waals surface area (Å²) in [6.45, 7) is -1.03. The molecule has 0 atom stereocenters. The van der Waals surface area contributed by atoms with E-state index in [1.165, 1.54) is 6.92 Å². The lowest BCUT2D eigenvalue weighted by Crippen LogP contribution is -2.20. The van der Waals surface area contributed by atoms with Crippen molar-refractivity contribution in [3.63, 3.8) is 0 Å². The molecule has 1 aromatic rings. The highest BCUT2D eigenvalue weighted by Crippen LogP contribution is 2.21. The number of anilines is 1. The zero-order valence-corrected chi connectivity index (χ0v) is 11.1. The van der Waals surface area contributed by atoms with Gasteiger partial charge in [-0.25, -0.2) is 4.39 Å². The van der Waals surface area contributed by atoms with Crippen LogP contribution in [0.5, 0.6) is 11.8 Å². The number of alkyl halides is 4. The van der Waals surface area contributed by atoms with Crippen LogP contribution in [-0.4, -0.2) is 41.0 Å². The van der Waals surface area contributed by atoms with E-state index in [1.54, 1.807) is 0 Å². The second-order valence-electron chi connectivity index (χ2n) is 3.49. The molecule has 112 valence electrons. The van der Waals surface area contributed by atoms with Gasteiger partial charge in [0.15, 0.2) is 6.61 Å². The molecule has 1 rings (SSSR count). The monoisotopic (exact) mass is 313 g/mol. The maximum Gasteiger partial charge on any atom is 0.422 e.